The second-order valence-electron chi connectivity index (χ2n) is 6.30. The van der Waals surface area contributed by atoms with Crippen molar-refractivity contribution in [2.45, 2.75) is 24.7 Å². The van der Waals surface area contributed by atoms with Crippen LogP contribution >= 0.6 is 0 Å². The predicted octanol–water partition coefficient (Wildman–Crippen LogP) is 2.83. The second-order valence-corrected chi connectivity index (χ2v) is 6.30. The van der Waals surface area contributed by atoms with E-state index < -0.39 is 17.8 Å². The van der Waals surface area contributed by atoms with E-state index in [-0.39, 0.29) is 11.9 Å². The van der Waals surface area contributed by atoms with Crippen molar-refractivity contribution in [1.82, 2.24) is 10.6 Å². The molecule has 4 nitrogen and oxygen atoms in total. The Morgan fingerprint density at radius 2 is 1.85 bits per heavy atom. The number of β-amino-alcohol motifs (C(OH)–C–C–N with tert-alkyl or cyclic N) is 1. The van der Waals surface area contributed by atoms with Gasteiger partial charge in [-0.15, -0.1) is 0 Å². The predicted molar refractivity (Wildman–Crippen MR) is 91.6 cm³/mol. The van der Waals surface area contributed by atoms with Crippen LogP contribution in [0.1, 0.15) is 22.3 Å². The number of halogens is 3. The summed E-state index contributed by atoms with van der Waals surface area (Å²) in [7, 11) is 0. The maximum atomic E-state index is 12.8. The van der Waals surface area contributed by atoms with Gasteiger partial charge in [0, 0.05) is 12.1 Å². The number of alkyl halides is 3. The molecule has 2 aromatic rings. The first-order valence-electron chi connectivity index (χ1n) is 8.32. The van der Waals surface area contributed by atoms with Crippen LogP contribution in [0.2, 0.25) is 0 Å². The summed E-state index contributed by atoms with van der Waals surface area (Å²) >= 11 is 0. The van der Waals surface area contributed by atoms with Crippen LogP contribution < -0.4 is 10.6 Å². The molecule has 1 aliphatic heterocycles. The fraction of sp³-hybridized carbons (Fsp3) is 0.316. The quantitative estimate of drug-likeness (QED) is 0.785. The Kier molecular flexibility index (Phi) is 5.29. The van der Waals surface area contributed by atoms with Crippen molar-refractivity contribution < 1.29 is 23.1 Å². The Hall–Kier alpha value is -2.38. The van der Waals surface area contributed by atoms with Crippen LogP contribution in [0, 0.1) is 0 Å². The molecule has 138 valence electrons. The lowest BCUT2D eigenvalue weighted by Gasteiger charge is -2.29. The normalized spacial score (nSPS) is 20.6. The average molecular weight is 364 g/mol. The highest BCUT2D eigenvalue weighted by atomic mass is 19.4. The van der Waals surface area contributed by atoms with Gasteiger partial charge in [-0.25, -0.2) is 0 Å². The lowest BCUT2D eigenvalue weighted by atomic mass is 10.0. The Morgan fingerprint density at radius 1 is 1.12 bits per heavy atom. The molecule has 2 atom stereocenters. The van der Waals surface area contributed by atoms with Crippen molar-refractivity contribution in [3.8, 4) is 11.1 Å². The molecule has 1 aliphatic rings. The van der Waals surface area contributed by atoms with E-state index in [0.29, 0.717) is 29.7 Å². The molecule has 0 spiro atoms. The van der Waals surface area contributed by atoms with Gasteiger partial charge in [-0.3, -0.25) is 4.79 Å². The Balaban J connectivity index is 1.73. The van der Waals surface area contributed by atoms with Gasteiger partial charge in [-0.1, -0.05) is 24.3 Å². The van der Waals surface area contributed by atoms with Crippen molar-refractivity contribution in [3.05, 3.63) is 59.7 Å². The van der Waals surface area contributed by atoms with Gasteiger partial charge in [0.2, 0.25) is 0 Å². The highest BCUT2D eigenvalue weighted by molar-refractivity contribution is 5.95. The number of benzene rings is 2. The zero-order valence-corrected chi connectivity index (χ0v) is 13.9. The van der Waals surface area contributed by atoms with Crippen LogP contribution in [0.25, 0.3) is 11.1 Å². The van der Waals surface area contributed by atoms with Crippen molar-refractivity contribution in [2.24, 2.45) is 0 Å². The van der Waals surface area contributed by atoms with Crippen LogP contribution in [0.5, 0.6) is 0 Å². The van der Waals surface area contributed by atoms with E-state index >= 15 is 0 Å². The molecule has 3 N–H and O–H groups in total. The molecule has 0 unspecified atom stereocenters. The number of aliphatic hydroxyl groups is 1. The zero-order chi connectivity index (χ0) is 18.7. The first-order valence-corrected chi connectivity index (χ1v) is 8.32. The van der Waals surface area contributed by atoms with Gasteiger partial charge < -0.3 is 15.7 Å². The molecule has 7 heteroatoms. The van der Waals surface area contributed by atoms with Crippen molar-refractivity contribution in [3.63, 3.8) is 0 Å². The lowest BCUT2D eigenvalue weighted by molar-refractivity contribution is -0.137. The van der Waals surface area contributed by atoms with Crippen molar-refractivity contribution in [2.75, 3.05) is 13.1 Å². The van der Waals surface area contributed by atoms with Gasteiger partial charge in [-0.05, 0) is 48.4 Å². The Bertz CT molecular complexity index is 775. The van der Waals surface area contributed by atoms with Gasteiger partial charge in [-0.2, -0.15) is 13.2 Å². The summed E-state index contributed by atoms with van der Waals surface area (Å²) in [6, 6.07) is 11.1. The van der Waals surface area contributed by atoms with Crippen LogP contribution in [0.3, 0.4) is 0 Å². The second kappa shape index (κ2) is 7.47. The molecular formula is C19H19F3N2O2. The monoisotopic (exact) mass is 364 g/mol. The maximum absolute atomic E-state index is 12.8. The number of aliphatic hydroxyl groups excluding tert-OH is 1. The van der Waals surface area contributed by atoms with E-state index in [0.717, 1.165) is 18.7 Å². The average Bonchev–Trinajstić information content (AvgIpc) is 2.63. The molecule has 0 radical (unpaired) electrons. The van der Waals surface area contributed by atoms with Crippen LogP contribution in [0.15, 0.2) is 48.5 Å². The standard InChI is InChI=1S/C19H19F3N2O2/c20-19(21,22)15-3-1-2-14(10-15)12-4-6-13(7-5-12)18(26)24-16-8-9-23-11-17(16)25/h1-7,10,16-17,23,25H,8-9,11H2,(H,24,26)/t16-,17-/m1/s1. The summed E-state index contributed by atoms with van der Waals surface area (Å²) in [6.45, 7) is 1.15. The summed E-state index contributed by atoms with van der Waals surface area (Å²) in [5.41, 5.74) is 0.707. The van der Waals surface area contributed by atoms with Gasteiger partial charge in [0.05, 0.1) is 17.7 Å². The number of carbonyl (C=O) groups is 1. The van der Waals surface area contributed by atoms with Crippen molar-refractivity contribution >= 4 is 5.91 Å². The molecule has 1 amide bonds. The topological polar surface area (TPSA) is 61.4 Å². The molecule has 1 fully saturated rings. The molecule has 1 saturated heterocycles. The third kappa shape index (κ3) is 4.23. The molecule has 0 aliphatic carbocycles. The fourth-order valence-corrected chi connectivity index (χ4v) is 2.95. The lowest BCUT2D eigenvalue weighted by Crippen LogP contribution is -2.52. The molecule has 0 saturated carbocycles. The number of rotatable bonds is 3. The number of piperidine rings is 1. The largest absolute Gasteiger partial charge is 0.416 e. The number of hydrogen-bond donors (Lipinski definition) is 3. The summed E-state index contributed by atoms with van der Waals surface area (Å²) < 4.78 is 38.5. The molecule has 3 rings (SSSR count). The zero-order valence-electron chi connectivity index (χ0n) is 13.9. The number of carbonyl (C=O) groups excluding carboxylic acids is 1. The van der Waals surface area contributed by atoms with Gasteiger partial charge >= 0.3 is 6.18 Å². The van der Waals surface area contributed by atoms with E-state index in [2.05, 4.69) is 10.6 Å². The Morgan fingerprint density at radius 3 is 2.50 bits per heavy atom. The number of hydrogen-bond acceptors (Lipinski definition) is 3. The summed E-state index contributed by atoms with van der Waals surface area (Å²) in [5, 5.41) is 15.7. The van der Waals surface area contributed by atoms with E-state index in [4.69, 9.17) is 0 Å². The third-order valence-corrected chi connectivity index (χ3v) is 4.44. The summed E-state index contributed by atoms with van der Waals surface area (Å²) in [6.07, 6.45) is -4.40. The molecule has 2 aromatic carbocycles. The molecule has 1 heterocycles. The SMILES string of the molecule is O=C(N[C@@H]1CCNC[C@H]1O)c1ccc(-c2cccc(C(F)(F)F)c2)cc1. The minimum Gasteiger partial charge on any atom is -0.390 e. The smallest absolute Gasteiger partial charge is 0.390 e. The van der Waals surface area contributed by atoms with Crippen LogP contribution in [-0.4, -0.2) is 36.2 Å². The van der Waals surface area contributed by atoms with Crippen molar-refractivity contribution in [1.29, 1.82) is 0 Å². The van der Waals surface area contributed by atoms with Crippen LogP contribution in [0.4, 0.5) is 13.2 Å². The van der Waals surface area contributed by atoms with E-state index in [1.165, 1.54) is 6.07 Å². The van der Waals surface area contributed by atoms with Gasteiger partial charge in [0.25, 0.3) is 5.91 Å². The minimum absolute atomic E-state index is 0.313. The summed E-state index contributed by atoms with van der Waals surface area (Å²) in [5.74, 6) is -0.313. The molecule has 26 heavy (non-hydrogen) atoms. The maximum Gasteiger partial charge on any atom is 0.416 e. The Labute approximate surface area is 149 Å². The number of nitrogens with one attached hydrogen (secondary N) is 2. The highest BCUT2D eigenvalue weighted by Crippen LogP contribution is 2.32. The fourth-order valence-electron chi connectivity index (χ4n) is 2.95. The molecular weight excluding hydrogens is 345 g/mol. The number of amides is 1. The summed E-state index contributed by atoms with van der Waals surface area (Å²) in [4.78, 5) is 12.3. The first-order chi connectivity index (χ1) is 12.3. The molecule has 0 aromatic heterocycles. The van der Waals surface area contributed by atoms with Gasteiger partial charge in [0.1, 0.15) is 0 Å². The highest BCUT2D eigenvalue weighted by Gasteiger charge is 2.30. The van der Waals surface area contributed by atoms with Gasteiger partial charge in [0.15, 0.2) is 0 Å². The first kappa shape index (κ1) is 18.4. The van der Waals surface area contributed by atoms with E-state index in [1.54, 1.807) is 30.3 Å². The minimum atomic E-state index is -4.40. The van der Waals surface area contributed by atoms with E-state index in [9.17, 15) is 23.1 Å². The molecule has 0 bridgehead atoms. The van der Waals surface area contributed by atoms with Crippen LogP contribution in [-0.2, 0) is 6.18 Å². The third-order valence-electron chi connectivity index (χ3n) is 4.44. The van der Waals surface area contributed by atoms with E-state index in [1.807, 2.05) is 0 Å².